The summed E-state index contributed by atoms with van der Waals surface area (Å²) in [7, 11) is 0. The predicted octanol–water partition coefficient (Wildman–Crippen LogP) is 5.43. The Balaban J connectivity index is 1.23. The van der Waals surface area contributed by atoms with Crippen molar-refractivity contribution in [2.75, 3.05) is 18.1 Å². The third-order valence-corrected chi connectivity index (χ3v) is 6.92. The quantitative estimate of drug-likeness (QED) is 0.277. The summed E-state index contributed by atoms with van der Waals surface area (Å²) in [6.45, 7) is 2.70. The molecule has 0 bridgehead atoms. The summed E-state index contributed by atoms with van der Waals surface area (Å²) in [5.74, 6) is 0.985. The molecule has 2 aliphatic carbocycles. The molecule has 0 saturated heterocycles. The molecule has 1 aromatic carbocycles. The van der Waals surface area contributed by atoms with Gasteiger partial charge in [0.1, 0.15) is 0 Å². The lowest BCUT2D eigenvalue weighted by Gasteiger charge is -2.37. The number of amides is 1. The maximum atomic E-state index is 13.4. The van der Waals surface area contributed by atoms with E-state index in [1.807, 2.05) is 31.2 Å². The third kappa shape index (κ3) is 6.14. The molecule has 3 aromatic rings. The van der Waals surface area contributed by atoms with Gasteiger partial charge in [0.15, 0.2) is 5.82 Å². The molecule has 0 aliphatic heterocycles. The van der Waals surface area contributed by atoms with Crippen molar-refractivity contribution in [2.45, 2.75) is 70.6 Å². The van der Waals surface area contributed by atoms with E-state index in [0.29, 0.717) is 42.6 Å². The van der Waals surface area contributed by atoms with Gasteiger partial charge in [-0.2, -0.15) is 4.98 Å². The fourth-order valence-corrected chi connectivity index (χ4v) is 4.57. The number of carbonyl (C=O) groups excluding carboxylic acids is 1. The van der Waals surface area contributed by atoms with E-state index in [1.165, 1.54) is 0 Å². The van der Waals surface area contributed by atoms with E-state index in [4.69, 9.17) is 13.7 Å². The summed E-state index contributed by atoms with van der Waals surface area (Å²) >= 11 is 0. The number of ether oxygens (including phenoxy) is 1. The Labute approximate surface area is 213 Å². The zero-order valence-corrected chi connectivity index (χ0v) is 20.8. The molecule has 0 spiro atoms. The van der Waals surface area contributed by atoms with Crippen molar-refractivity contribution < 1.29 is 27.3 Å². The summed E-state index contributed by atoms with van der Waals surface area (Å²) in [5, 5.41) is 11.9. The van der Waals surface area contributed by atoms with Gasteiger partial charge >= 0.3 is 6.08 Å². The van der Waals surface area contributed by atoms with Crippen LogP contribution >= 0.6 is 0 Å². The standard InChI is InChI=1S/C26H31F2N5O4/c1-2-35-26-31-30-24(36-26)17-7-6-8-20(15-17)33(25(34)19-13-18(14-19)22(27)28)12-5-3-4-9-21-29-23(32-37-21)16-10-11-16/h6-8,15-16,18-19,22H,2-5,9-14H2,1H3. The minimum Gasteiger partial charge on any atom is -0.449 e. The highest BCUT2D eigenvalue weighted by molar-refractivity contribution is 5.96. The molecule has 2 heterocycles. The molecule has 2 saturated carbocycles. The van der Waals surface area contributed by atoms with Gasteiger partial charge in [-0.25, -0.2) is 8.78 Å². The van der Waals surface area contributed by atoms with Crippen molar-refractivity contribution in [1.29, 1.82) is 0 Å². The van der Waals surface area contributed by atoms with Gasteiger partial charge < -0.3 is 18.6 Å². The molecule has 2 fully saturated rings. The Morgan fingerprint density at radius 2 is 2.03 bits per heavy atom. The number of anilines is 1. The highest BCUT2D eigenvalue weighted by Crippen LogP contribution is 2.40. The molecule has 5 rings (SSSR count). The second kappa shape index (κ2) is 11.4. The van der Waals surface area contributed by atoms with E-state index in [-0.39, 0.29) is 30.7 Å². The molecule has 9 nitrogen and oxygen atoms in total. The SMILES string of the molecule is CCOc1nnc(-c2cccc(N(CCCCCc3nc(C4CC4)no3)C(=O)C3CC(C(F)F)C3)c2)o1. The van der Waals surface area contributed by atoms with Crippen molar-refractivity contribution >= 4 is 11.6 Å². The first kappa shape index (κ1) is 25.3. The number of unbranched alkanes of at least 4 members (excludes halogenated alkanes) is 2. The average Bonchev–Trinajstić information content (AvgIpc) is 3.41. The largest absolute Gasteiger partial charge is 0.449 e. The van der Waals surface area contributed by atoms with Gasteiger partial charge in [0.25, 0.3) is 5.89 Å². The van der Waals surface area contributed by atoms with E-state index in [0.717, 1.165) is 37.9 Å². The number of nitrogens with zero attached hydrogens (tertiary/aromatic N) is 5. The van der Waals surface area contributed by atoms with Crippen molar-refractivity contribution in [2.24, 2.45) is 11.8 Å². The van der Waals surface area contributed by atoms with Crippen LogP contribution in [0.5, 0.6) is 6.08 Å². The zero-order chi connectivity index (χ0) is 25.8. The molecular weight excluding hydrogens is 484 g/mol. The number of carbonyl (C=O) groups is 1. The molecule has 2 aromatic heterocycles. The average molecular weight is 516 g/mol. The second-order valence-corrected chi connectivity index (χ2v) is 9.74. The molecule has 1 amide bonds. The van der Waals surface area contributed by atoms with Crippen LogP contribution in [0.2, 0.25) is 0 Å². The monoisotopic (exact) mass is 515 g/mol. The molecular formula is C26H31F2N5O4. The summed E-state index contributed by atoms with van der Waals surface area (Å²) < 4.78 is 42.2. The molecule has 198 valence electrons. The Hall–Kier alpha value is -3.37. The van der Waals surface area contributed by atoms with Crippen molar-refractivity contribution in [3.05, 3.63) is 36.0 Å². The minimum absolute atomic E-state index is 0.0776. The van der Waals surface area contributed by atoms with Crippen LogP contribution in [-0.4, -0.2) is 45.8 Å². The van der Waals surface area contributed by atoms with E-state index < -0.39 is 18.3 Å². The summed E-state index contributed by atoms with van der Waals surface area (Å²) in [6.07, 6.45) is 3.54. The number of hydrogen-bond acceptors (Lipinski definition) is 8. The summed E-state index contributed by atoms with van der Waals surface area (Å²) in [4.78, 5) is 19.5. The highest BCUT2D eigenvalue weighted by Gasteiger charge is 2.41. The maximum absolute atomic E-state index is 13.4. The molecule has 0 N–H and O–H groups in total. The first-order chi connectivity index (χ1) is 18.0. The topological polar surface area (TPSA) is 107 Å². The van der Waals surface area contributed by atoms with Gasteiger partial charge in [0.05, 0.1) is 6.61 Å². The lowest BCUT2D eigenvalue weighted by atomic mass is 9.74. The summed E-state index contributed by atoms with van der Waals surface area (Å²) in [6, 6.07) is 7.27. The Morgan fingerprint density at radius 3 is 2.78 bits per heavy atom. The van der Waals surface area contributed by atoms with Gasteiger partial charge in [0, 0.05) is 42.0 Å². The van der Waals surface area contributed by atoms with Crippen molar-refractivity contribution in [3.63, 3.8) is 0 Å². The Kier molecular flexibility index (Phi) is 7.76. The zero-order valence-electron chi connectivity index (χ0n) is 20.8. The van der Waals surface area contributed by atoms with Gasteiger partial charge in [0.2, 0.25) is 18.2 Å². The normalized spacial score (nSPS) is 19.1. The molecule has 37 heavy (non-hydrogen) atoms. The molecule has 0 atom stereocenters. The third-order valence-electron chi connectivity index (χ3n) is 6.92. The second-order valence-electron chi connectivity index (χ2n) is 9.74. The fourth-order valence-electron chi connectivity index (χ4n) is 4.57. The molecule has 0 radical (unpaired) electrons. The van der Waals surface area contributed by atoms with Gasteiger partial charge in [-0.15, -0.1) is 5.10 Å². The lowest BCUT2D eigenvalue weighted by Crippen LogP contribution is -2.44. The van der Waals surface area contributed by atoms with Crippen molar-refractivity contribution in [1.82, 2.24) is 20.3 Å². The van der Waals surface area contributed by atoms with Crippen LogP contribution in [0.3, 0.4) is 0 Å². The number of aromatic nitrogens is 4. The number of halogens is 2. The van der Waals surface area contributed by atoms with E-state index in [9.17, 15) is 13.6 Å². The van der Waals surface area contributed by atoms with Crippen LogP contribution in [0.1, 0.15) is 69.5 Å². The van der Waals surface area contributed by atoms with Crippen LogP contribution < -0.4 is 9.64 Å². The number of benzene rings is 1. The van der Waals surface area contributed by atoms with Crippen LogP contribution in [-0.2, 0) is 11.2 Å². The summed E-state index contributed by atoms with van der Waals surface area (Å²) in [5.41, 5.74) is 1.32. The number of hydrogen-bond donors (Lipinski definition) is 0. The Morgan fingerprint density at radius 1 is 1.19 bits per heavy atom. The number of aryl methyl sites for hydroxylation is 1. The first-order valence-electron chi connectivity index (χ1n) is 13.0. The smallest absolute Gasteiger partial charge is 0.414 e. The van der Waals surface area contributed by atoms with Crippen LogP contribution in [0.25, 0.3) is 11.5 Å². The van der Waals surface area contributed by atoms with E-state index in [2.05, 4.69) is 20.3 Å². The fraction of sp³-hybridized carbons (Fsp3) is 0.577. The first-order valence-corrected chi connectivity index (χ1v) is 13.0. The van der Waals surface area contributed by atoms with Gasteiger partial charge in [-0.05, 0) is 63.6 Å². The Bertz CT molecular complexity index is 1190. The minimum atomic E-state index is -2.39. The maximum Gasteiger partial charge on any atom is 0.414 e. The van der Waals surface area contributed by atoms with Gasteiger partial charge in [-0.1, -0.05) is 22.7 Å². The predicted molar refractivity (Wildman–Crippen MR) is 129 cm³/mol. The highest BCUT2D eigenvalue weighted by atomic mass is 19.3. The van der Waals surface area contributed by atoms with E-state index in [1.54, 1.807) is 4.90 Å². The number of alkyl halides is 2. The van der Waals surface area contributed by atoms with E-state index >= 15 is 0 Å². The van der Waals surface area contributed by atoms with Crippen LogP contribution in [0, 0.1) is 11.8 Å². The van der Waals surface area contributed by atoms with Crippen LogP contribution in [0.4, 0.5) is 14.5 Å². The lowest BCUT2D eigenvalue weighted by molar-refractivity contribution is -0.129. The number of rotatable bonds is 13. The molecule has 2 aliphatic rings. The van der Waals surface area contributed by atoms with Gasteiger partial charge in [-0.3, -0.25) is 4.79 Å². The van der Waals surface area contributed by atoms with Crippen molar-refractivity contribution in [3.8, 4) is 17.5 Å². The molecule has 11 heteroatoms. The molecule has 0 unspecified atom stereocenters. The van der Waals surface area contributed by atoms with Crippen LogP contribution in [0.15, 0.2) is 33.2 Å².